The van der Waals surface area contributed by atoms with Crippen LogP contribution in [0, 0.1) is 12.7 Å². The van der Waals surface area contributed by atoms with Gasteiger partial charge in [-0.3, -0.25) is 0 Å². The fourth-order valence-corrected chi connectivity index (χ4v) is 3.61. The number of alkyl halides is 2. The Morgan fingerprint density at radius 2 is 1.71 bits per heavy atom. The summed E-state index contributed by atoms with van der Waals surface area (Å²) < 4.78 is 53.4. The number of aromatic nitrogens is 3. The minimum absolute atomic E-state index is 0.123. The van der Waals surface area contributed by atoms with E-state index in [0.29, 0.717) is 33.9 Å². The average Bonchev–Trinajstić information content (AvgIpc) is 3.12. The molecule has 0 spiro atoms. The molecule has 2 heterocycles. The zero-order valence-electron chi connectivity index (χ0n) is 17.4. The van der Waals surface area contributed by atoms with Gasteiger partial charge in [0.2, 0.25) is 0 Å². The van der Waals surface area contributed by atoms with Crippen LogP contribution in [0.5, 0.6) is 11.5 Å². The number of nitrogens with one attached hydrogen (secondary N) is 1. The Balaban J connectivity index is 1.87. The largest absolute Gasteiger partial charge is 0.493 e. The summed E-state index contributed by atoms with van der Waals surface area (Å²) in [5, 5.41) is 8.31. The number of fused-ring (bicyclic) bond motifs is 3. The van der Waals surface area contributed by atoms with Crippen molar-refractivity contribution in [3.63, 3.8) is 0 Å². The Hall–Kier alpha value is -3.49. The van der Waals surface area contributed by atoms with Crippen LogP contribution in [-0.2, 0) is 0 Å². The molecule has 0 aliphatic heterocycles. The number of ether oxygens (including phenoxy) is 2. The summed E-state index contributed by atoms with van der Waals surface area (Å²) in [5.74, 6) is 0.520. The highest BCUT2D eigenvalue weighted by Crippen LogP contribution is 2.37. The predicted molar refractivity (Wildman–Crippen MR) is 112 cm³/mol. The standard InChI is InChI=1S/C22H21F3N4O2/c1-11-8-19-27-22(26-12(2)13-6-5-7-14(20(13)23)21(24)25)15-9-17(30-3)18(31-4)10-16(15)29(19)28-11/h5-10,12,21H,1-4H3,(H,26,27). The summed E-state index contributed by atoms with van der Waals surface area (Å²) in [6.07, 6.45) is -2.89. The number of halogens is 3. The topological polar surface area (TPSA) is 60.7 Å². The van der Waals surface area contributed by atoms with E-state index in [1.54, 1.807) is 23.6 Å². The summed E-state index contributed by atoms with van der Waals surface area (Å²) in [4.78, 5) is 4.63. The molecule has 0 amide bonds. The number of anilines is 1. The first-order valence-electron chi connectivity index (χ1n) is 9.59. The van der Waals surface area contributed by atoms with Crippen molar-refractivity contribution in [3.8, 4) is 11.5 Å². The lowest BCUT2D eigenvalue weighted by atomic mass is 10.0. The number of rotatable bonds is 6. The fraction of sp³-hybridized carbons (Fsp3) is 0.273. The lowest BCUT2D eigenvalue weighted by Gasteiger charge is -2.19. The van der Waals surface area contributed by atoms with E-state index in [1.807, 2.05) is 13.0 Å². The third-order valence-electron chi connectivity index (χ3n) is 5.14. The molecule has 162 valence electrons. The van der Waals surface area contributed by atoms with Gasteiger partial charge in [-0.2, -0.15) is 5.10 Å². The molecule has 0 radical (unpaired) electrons. The minimum atomic E-state index is -2.89. The van der Waals surface area contributed by atoms with E-state index in [2.05, 4.69) is 15.4 Å². The molecule has 0 saturated carbocycles. The van der Waals surface area contributed by atoms with Crippen LogP contribution in [0.4, 0.5) is 19.0 Å². The maximum atomic E-state index is 14.7. The average molecular weight is 430 g/mol. The second kappa shape index (κ2) is 7.98. The SMILES string of the molecule is COc1cc2c(NC(C)c3cccc(C(F)F)c3F)nc3cc(C)nn3c2cc1OC. The van der Waals surface area contributed by atoms with Crippen molar-refractivity contribution < 1.29 is 22.6 Å². The van der Waals surface area contributed by atoms with Gasteiger partial charge >= 0.3 is 0 Å². The molecule has 0 aliphatic rings. The maximum absolute atomic E-state index is 14.7. The van der Waals surface area contributed by atoms with Gasteiger partial charge in [-0.25, -0.2) is 22.7 Å². The highest BCUT2D eigenvalue weighted by atomic mass is 19.3. The minimum Gasteiger partial charge on any atom is -0.493 e. The van der Waals surface area contributed by atoms with E-state index in [9.17, 15) is 13.2 Å². The summed E-state index contributed by atoms with van der Waals surface area (Å²) >= 11 is 0. The van der Waals surface area contributed by atoms with E-state index in [-0.39, 0.29) is 5.56 Å². The smallest absolute Gasteiger partial charge is 0.266 e. The van der Waals surface area contributed by atoms with Crippen molar-refractivity contribution in [2.24, 2.45) is 0 Å². The fourth-order valence-electron chi connectivity index (χ4n) is 3.61. The van der Waals surface area contributed by atoms with Crippen LogP contribution < -0.4 is 14.8 Å². The van der Waals surface area contributed by atoms with Crippen LogP contribution in [0.1, 0.15) is 36.2 Å². The first-order chi connectivity index (χ1) is 14.8. The van der Waals surface area contributed by atoms with E-state index in [4.69, 9.17) is 9.47 Å². The third-order valence-corrected chi connectivity index (χ3v) is 5.14. The van der Waals surface area contributed by atoms with Crippen molar-refractivity contribution in [3.05, 3.63) is 59.0 Å². The number of nitrogens with zero attached hydrogens (tertiary/aromatic N) is 3. The maximum Gasteiger partial charge on any atom is 0.266 e. The van der Waals surface area contributed by atoms with Crippen LogP contribution >= 0.6 is 0 Å². The lowest BCUT2D eigenvalue weighted by Crippen LogP contribution is -2.12. The Bertz CT molecular complexity index is 1270. The van der Waals surface area contributed by atoms with Crippen molar-refractivity contribution in [2.45, 2.75) is 26.3 Å². The summed E-state index contributed by atoms with van der Waals surface area (Å²) in [6.45, 7) is 3.54. The normalized spacial score (nSPS) is 12.5. The molecule has 31 heavy (non-hydrogen) atoms. The molecule has 0 bridgehead atoms. The Kier molecular flexibility index (Phi) is 5.34. The van der Waals surface area contributed by atoms with Gasteiger partial charge in [0.05, 0.1) is 37.0 Å². The van der Waals surface area contributed by atoms with E-state index < -0.39 is 23.8 Å². The number of methoxy groups -OCH3 is 2. The molecule has 0 saturated heterocycles. The molecule has 0 aliphatic carbocycles. The molecule has 2 aromatic heterocycles. The van der Waals surface area contributed by atoms with Gasteiger partial charge in [-0.15, -0.1) is 0 Å². The number of hydrogen-bond donors (Lipinski definition) is 1. The summed E-state index contributed by atoms with van der Waals surface area (Å²) in [6, 6.07) is 8.69. The predicted octanol–water partition coefficient (Wildman–Crippen LogP) is 5.46. The van der Waals surface area contributed by atoms with Gasteiger partial charge in [0.25, 0.3) is 6.43 Å². The van der Waals surface area contributed by atoms with Gasteiger partial charge in [0.15, 0.2) is 17.1 Å². The third kappa shape index (κ3) is 3.60. The number of hydrogen-bond acceptors (Lipinski definition) is 5. The van der Waals surface area contributed by atoms with Crippen LogP contribution in [0.2, 0.25) is 0 Å². The first-order valence-corrected chi connectivity index (χ1v) is 9.59. The highest BCUT2D eigenvalue weighted by molar-refractivity contribution is 5.94. The van der Waals surface area contributed by atoms with E-state index in [0.717, 1.165) is 11.8 Å². The van der Waals surface area contributed by atoms with E-state index in [1.165, 1.54) is 26.4 Å². The van der Waals surface area contributed by atoms with Crippen LogP contribution in [0.25, 0.3) is 16.6 Å². The summed E-state index contributed by atoms with van der Waals surface area (Å²) in [7, 11) is 3.06. The van der Waals surface area contributed by atoms with Crippen LogP contribution in [0.15, 0.2) is 36.4 Å². The molecule has 1 atom stereocenters. The Labute approximate surface area is 176 Å². The van der Waals surface area contributed by atoms with Crippen molar-refractivity contribution in [1.82, 2.24) is 14.6 Å². The molecule has 6 nitrogen and oxygen atoms in total. The van der Waals surface area contributed by atoms with Crippen molar-refractivity contribution in [1.29, 1.82) is 0 Å². The highest BCUT2D eigenvalue weighted by Gasteiger charge is 2.21. The molecular weight excluding hydrogens is 409 g/mol. The quantitative estimate of drug-likeness (QED) is 0.440. The lowest BCUT2D eigenvalue weighted by molar-refractivity contribution is 0.146. The number of benzene rings is 2. The van der Waals surface area contributed by atoms with Crippen LogP contribution in [-0.4, -0.2) is 28.8 Å². The van der Waals surface area contributed by atoms with Gasteiger partial charge in [0, 0.05) is 23.1 Å². The molecule has 2 aromatic carbocycles. The molecule has 0 fully saturated rings. The second-order valence-corrected chi connectivity index (χ2v) is 7.16. The first kappa shape index (κ1) is 20.8. The van der Waals surface area contributed by atoms with Crippen molar-refractivity contribution >= 4 is 22.4 Å². The zero-order valence-corrected chi connectivity index (χ0v) is 17.4. The molecule has 4 aromatic rings. The monoisotopic (exact) mass is 430 g/mol. The van der Waals surface area contributed by atoms with Crippen molar-refractivity contribution in [2.75, 3.05) is 19.5 Å². The second-order valence-electron chi connectivity index (χ2n) is 7.16. The Morgan fingerprint density at radius 1 is 1.03 bits per heavy atom. The van der Waals surface area contributed by atoms with Gasteiger partial charge in [0.1, 0.15) is 11.6 Å². The Morgan fingerprint density at radius 3 is 2.39 bits per heavy atom. The molecule has 4 rings (SSSR count). The molecule has 9 heteroatoms. The van der Waals surface area contributed by atoms with Gasteiger partial charge < -0.3 is 14.8 Å². The van der Waals surface area contributed by atoms with Gasteiger partial charge in [-0.1, -0.05) is 18.2 Å². The van der Waals surface area contributed by atoms with E-state index >= 15 is 0 Å². The van der Waals surface area contributed by atoms with Crippen LogP contribution in [0.3, 0.4) is 0 Å². The zero-order chi connectivity index (χ0) is 22.3. The summed E-state index contributed by atoms with van der Waals surface area (Å²) in [5.41, 5.74) is 1.54. The molecule has 1 N–H and O–H groups in total. The molecule has 1 unspecified atom stereocenters. The molecular formula is C22H21F3N4O2. The van der Waals surface area contributed by atoms with Gasteiger partial charge in [-0.05, 0) is 19.9 Å². The number of aryl methyl sites for hydroxylation is 1.